The number of hydrogen-bond acceptors (Lipinski definition) is 5. The number of nitrogens with zero attached hydrogens (tertiary/aromatic N) is 4. The van der Waals surface area contributed by atoms with Crippen molar-refractivity contribution in [2.45, 2.75) is 75.5 Å². The lowest BCUT2D eigenvalue weighted by Gasteiger charge is -2.61. The molecular weight excluding hydrogens is 428 g/mol. The Kier molecular flexibility index (Phi) is 5.26. The molecule has 2 aromatic rings. The van der Waals surface area contributed by atoms with E-state index in [1.165, 1.54) is 18.4 Å². The molecule has 7 heteroatoms. The second-order valence-electron chi connectivity index (χ2n) is 11.2. The summed E-state index contributed by atoms with van der Waals surface area (Å²) < 4.78 is 1.94. The van der Waals surface area contributed by atoms with Crippen molar-refractivity contribution in [3.05, 3.63) is 47.3 Å². The smallest absolute Gasteiger partial charge is 0.223 e. The molecule has 2 aliphatic carbocycles. The third-order valence-electron chi connectivity index (χ3n) is 9.00. The SMILES string of the molecule is Cc1cnn(CCCN2CC[C@@]3(O)[C@H]4Cc5ccc(O)cc5[C@@]3(CCN4CC3CC3)CC2=O)c1. The number of phenols is 1. The van der Waals surface area contributed by atoms with Gasteiger partial charge in [0.2, 0.25) is 5.91 Å². The Bertz CT molecular complexity index is 1100. The van der Waals surface area contributed by atoms with Crippen molar-refractivity contribution < 1.29 is 15.0 Å². The molecule has 1 amide bonds. The maximum absolute atomic E-state index is 13.6. The summed E-state index contributed by atoms with van der Waals surface area (Å²) >= 11 is 0. The van der Waals surface area contributed by atoms with Crippen LogP contribution in [0.25, 0.3) is 0 Å². The first-order valence-electron chi connectivity index (χ1n) is 12.9. The summed E-state index contributed by atoms with van der Waals surface area (Å²) in [5.74, 6) is 1.10. The lowest BCUT2D eigenvalue weighted by Crippen LogP contribution is -2.71. The molecule has 2 N–H and O–H groups in total. The Hall–Kier alpha value is -2.38. The molecule has 3 fully saturated rings. The summed E-state index contributed by atoms with van der Waals surface area (Å²) in [7, 11) is 0. The highest BCUT2D eigenvalue weighted by atomic mass is 16.3. The largest absolute Gasteiger partial charge is 0.508 e. The van der Waals surface area contributed by atoms with Gasteiger partial charge in [0, 0.05) is 50.3 Å². The van der Waals surface area contributed by atoms with Crippen LogP contribution in [0.4, 0.5) is 0 Å². The van der Waals surface area contributed by atoms with Crippen LogP contribution in [0.15, 0.2) is 30.6 Å². The van der Waals surface area contributed by atoms with Crippen molar-refractivity contribution in [2.75, 3.05) is 26.2 Å². The Labute approximate surface area is 201 Å². The molecule has 0 unspecified atom stereocenters. The molecule has 2 aliphatic heterocycles. The van der Waals surface area contributed by atoms with E-state index >= 15 is 0 Å². The van der Waals surface area contributed by atoms with E-state index < -0.39 is 11.0 Å². The first-order valence-corrected chi connectivity index (χ1v) is 12.9. The molecule has 6 rings (SSSR count). The summed E-state index contributed by atoms with van der Waals surface area (Å²) in [6, 6.07) is 5.62. The number of rotatable bonds is 6. The minimum Gasteiger partial charge on any atom is -0.508 e. The van der Waals surface area contributed by atoms with E-state index in [0.29, 0.717) is 25.9 Å². The zero-order valence-corrected chi connectivity index (χ0v) is 20.1. The Morgan fingerprint density at radius 2 is 2.03 bits per heavy atom. The van der Waals surface area contributed by atoms with E-state index in [4.69, 9.17) is 0 Å². The maximum Gasteiger partial charge on any atom is 0.223 e. The normalized spacial score (nSPS) is 31.2. The van der Waals surface area contributed by atoms with Gasteiger partial charge in [0.15, 0.2) is 0 Å². The zero-order valence-electron chi connectivity index (χ0n) is 20.1. The number of likely N-dealkylation sites (tertiary alicyclic amines) is 2. The average Bonchev–Trinajstić information content (AvgIpc) is 3.54. The number of aryl methyl sites for hydroxylation is 2. The minimum atomic E-state index is -0.968. The van der Waals surface area contributed by atoms with Crippen LogP contribution in [0.5, 0.6) is 5.75 Å². The fourth-order valence-electron chi connectivity index (χ4n) is 7.03. The summed E-state index contributed by atoms with van der Waals surface area (Å²) in [4.78, 5) is 18.1. The molecule has 3 atom stereocenters. The number of aliphatic hydroxyl groups is 1. The number of aromatic hydroxyl groups is 1. The Morgan fingerprint density at radius 3 is 2.79 bits per heavy atom. The number of aromatic nitrogens is 2. The first kappa shape index (κ1) is 22.1. The highest BCUT2D eigenvalue weighted by Gasteiger charge is 2.64. The second kappa shape index (κ2) is 8.09. The van der Waals surface area contributed by atoms with Crippen molar-refractivity contribution >= 4 is 5.91 Å². The summed E-state index contributed by atoms with van der Waals surface area (Å²) in [5, 5.41) is 27.2. The number of fused-ring (bicyclic) bond motifs is 1. The molecule has 3 heterocycles. The number of hydrogen-bond donors (Lipinski definition) is 2. The van der Waals surface area contributed by atoms with Crippen molar-refractivity contribution in [2.24, 2.45) is 5.92 Å². The van der Waals surface area contributed by atoms with Crippen LogP contribution < -0.4 is 0 Å². The predicted molar refractivity (Wildman–Crippen MR) is 129 cm³/mol. The van der Waals surface area contributed by atoms with Crippen LogP contribution in [0.1, 0.15) is 55.2 Å². The highest BCUT2D eigenvalue weighted by Crippen LogP contribution is 2.57. The number of benzene rings is 1. The maximum atomic E-state index is 13.6. The zero-order chi connectivity index (χ0) is 23.5. The third kappa shape index (κ3) is 3.55. The van der Waals surface area contributed by atoms with Crippen molar-refractivity contribution in [3.8, 4) is 5.75 Å². The van der Waals surface area contributed by atoms with Gasteiger partial charge in [0.1, 0.15) is 5.75 Å². The molecule has 7 nitrogen and oxygen atoms in total. The van der Waals surface area contributed by atoms with Gasteiger partial charge in [-0.3, -0.25) is 14.4 Å². The molecule has 1 aromatic heterocycles. The van der Waals surface area contributed by atoms with Crippen LogP contribution in [-0.4, -0.2) is 73.5 Å². The van der Waals surface area contributed by atoms with E-state index in [1.54, 1.807) is 6.07 Å². The van der Waals surface area contributed by atoms with Crippen LogP contribution >= 0.6 is 0 Å². The lowest BCUT2D eigenvalue weighted by atomic mass is 9.52. The van der Waals surface area contributed by atoms with Crippen LogP contribution in [0.3, 0.4) is 0 Å². The van der Waals surface area contributed by atoms with E-state index in [1.807, 2.05) is 41.0 Å². The van der Waals surface area contributed by atoms with Gasteiger partial charge in [-0.1, -0.05) is 6.07 Å². The second-order valence-corrected chi connectivity index (χ2v) is 11.2. The van der Waals surface area contributed by atoms with Gasteiger partial charge < -0.3 is 15.1 Å². The molecule has 182 valence electrons. The Balaban J connectivity index is 1.30. The fourth-order valence-corrected chi connectivity index (χ4v) is 7.03. The third-order valence-corrected chi connectivity index (χ3v) is 9.00. The van der Waals surface area contributed by atoms with Gasteiger partial charge >= 0.3 is 0 Å². The lowest BCUT2D eigenvalue weighted by molar-refractivity contribution is -0.153. The molecule has 1 saturated carbocycles. The van der Waals surface area contributed by atoms with E-state index in [2.05, 4.69) is 10.00 Å². The standard InChI is InChI=1S/C27H36N4O3/c1-19-16-28-31(17-19)10-2-9-29-12-8-27(34)24-13-21-5-6-22(32)14-23(21)26(27,15-25(29)33)7-11-30(24)18-20-3-4-20/h5-6,14,16-17,20,24,32,34H,2-4,7-13,15,18H2,1H3/t24-,26-,27-/m1/s1. The molecule has 4 aliphatic rings. The molecule has 34 heavy (non-hydrogen) atoms. The van der Waals surface area contributed by atoms with Gasteiger partial charge in [-0.15, -0.1) is 0 Å². The van der Waals surface area contributed by atoms with Crippen molar-refractivity contribution in [1.29, 1.82) is 0 Å². The summed E-state index contributed by atoms with van der Waals surface area (Å²) in [5.41, 5.74) is 1.73. The molecule has 2 bridgehead atoms. The Morgan fingerprint density at radius 1 is 1.18 bits per heavy atom. The van der Waals surface area contributed by atoms with Gasteiger partial charge in [-0.25, -0.2) is 0 Å². The number of amides is 1. The summed E-state index contributed by atoms with van der Waals surface area (Å²) in [6.07, 6.45) is 9.75. The summed E-state index contributed by atoms with van der Waals surface area (Å²) in [6.45, 7) is 6.03. The number of carbonyl (C=O) groups excluding carboxylic acids is 1. The van der Waals surface area contributed by atoms with Crippen molar-refractivity contribution in [1.82, 2.24) is 19.6 Å². The van der Waals surface area contributed by atoms with Crippen molar-refractivity contribution in [3.63, 3.8) is 0 Å². The van der Waals surface area contributed by atoms with E-state index in [-0.39, 0.29) is 17.7 Å². The molecular formula is C27H36N4O3. The van der Waals surface area contributed by atoms with Crippen LogP contribution in [0.2, 0.25) is 0 Å². The van der Waals surface area contributed by atoms with E-state index in [0.717, 1.165) is 55.9 Å². The van der Waals surface area contributed by atoms with Gasteiger partial charge in [-0.05, 0) is 86.7 Å². The first-order chi connectivity index (χ1) is 16.4. The number of phenolic OH excluding ortho intramolecular Hbond substituents is 1. The van der Waals surface area contributed by atoms with Gasteiger partial charge in [0.25, 0.3) is 0 Å². The molecule has 0 spiro atoms. The molecule has 0 radical (unpaired) electrons. The van der Waals surface area contributed by atoms with Crippen LogP contribution in [-0.2, 0) is 23.2 Å². The fraction of sp³-hybridized carbons (Fsp3) is 0.630. The molecule has 1 aromatic carbocycles. The number of carbonyl (C=O) groups is 1. The van der Waals surface area contributed by atoms with E-state index in [9.17, 15) is 15.0 Å². The van der Waals surface area contributed by atoms with Gasteiger partial charge in [0.05, 0.1) is 11.8 Å². The highest BCUT2D eigenvalue weighted by molar-refractivity contribution is 5.79. The number of piperidine rings is 1. The minimum absolute atomic E-state index is 0.0266. The predicted octanol–water partition coefficient (Wildman–Crippen LogP) is 2.62. The molecule has 2 saturated heterocycles. The average molecular weight is 465 g/mol. The quantitative estimate of drug-likeness (QED) is 0.687. The van der Waals surface area contributed by atoms with Crippen LogP contribution in [0, 0.1) is 12.8 Å². The van der Waals surface area contributed by atoms with Gasteiger partial charge in [-0.2, -0.15) is 5.10 Å². The monoisotopic (exact) mass is 464 g/mol. The topological polar surface area (TPSA) is 81.8 Å².